The van der Waals surface area contributed by atoms with E-state index in [1.165, 1.54) is 17.6 Å². The maximum atomic E-state index is 12.7. The number of benzene rings is 1. The van der Waals surface area contributed by atoms with Crippen molar-refractivity contribution in [2.24, 2.45) is 0 Å². The summed E-state index contributed by atoms with van der Waals surface area (Å²) in [5.74, 6) is -0.534. The highest BCUT2D eigenvalue weighted by Gasteiger charge is 2.27. The second kappa shape index (κ2) is 6.00. The van der Waals surface area contributed by atoms with Crippen molar-refractivity contribution in [1.82, 2.24) is 15.0 Å². The monoisotopic (exact) mass is 348 g/mol. The van der Waals surface area contributed by atoms with Gasteiger partial charge in [0.15, 0.2) is 17.5 Å². The number of rotatable bonds is 4. The molecule has 4 rings (SSSR count). The molecule has 0 amide bonds. The van der Waals surface area contributed by atoms with Gasteiger partial charge in [0.2, 0.25) is 0 Å². The van der Waals surface area contributed by atoms with Crippen LogP contribution >= 0.6 is 11.3 Å². The van der Waals surface area contributed by atoms with E-state index in [-0.39, 0.29) is 5.78 Å². The molecule has 122 valence electrons. The smallest absolute Gasteiger partial charge is 0.190 e. The van der Waals surface area contributed by atoms with Crippen LogP contribution in [0.25, 0.3) is 22.5 Å². The molecule has 3 aromatic heterocycles. The van der Waals surface area contributed by atoms with E-state index >= 15 is 0 Å². The highest BCUT2D eigenvalue weighted by atomic mass is 32.1. The Hall–Kier alpha value is -3.24. The molecule has 0 spiro atoms. The first-order valence-electron chi connectivity index (χ1n) is 7.55. The van der Waals surface area contributed by atoms with Crippen LogP contribution in [-0.2, 0) is 0 Å². The lowest BCUT2D eigenvalue weighted by Crippen LogP contribution is -2.12. The van der Waals surface area contributed by atoms with E-state index < -0.39 is 5.92 Å². The van der Waals surface area contributed by atoms with Crippen molar-refractivity contribution in [3.05, 3.63) is 58.4 Å². The summed E-state index contributed by atoms with van der Waals surface area (Å²) in [5.41, 5.74) is 2.51. The van der Waals surface area contributed by atoms with Crippen molar-refractivity contribution in [2.75, 3.05) is 0 Å². The number of imidazole rings is 1. The summed E-state index contributed by atoms with van der Waals surface area (Å²) in [6.07, 6.45) is 1.36. The number of nitrogens with zero attached hydrogens (tertiary/aromatic N) is 3. The molecule has 0 aliphatic heterocycles. The van der Waals surface area contributed by atoms with Crippen molar-refractivity contribution < 1.29 is 9.21 Å². The topological polar surface area (TPSA) is 95.6 Å². The minimum Gasteiger partial charge on any atom is -0.462 e. The van der Waals surface area contributed by atoms with Gasteiger partial charge in [-0.3, -0.25) is 4.79 Å². The molecule has 0 saturated heterocycles. The van der Waals surface area contributed by atoms with Gasteiger partial charge in [0.25, 0.3) is 0 Å². The van der Waals surface area contributed by atoms with Crippen LogP contribution in [0.1, 0.15) is 27.1 Å². The van der Waals surface area contributed by atoms with Crippen LogP contribution in [0.2, 0.25) is 0 Å². The van der Waals surface area contributed by atoms with E-state index in [2.05, 4.69) is 15.0 Å². The Balaban J connectivity index is 1.66. The summed E-state index contributed by atoms with van der Waals surface area (Å²) in [5, 5.41) is 12.3. The third kappa shape index (κ3) is 2.73. The molecule has 0 saturated carbocycles. The van der Waals surface area contributed by atoms with E-state index in [4.69, 9.17) is 4.42 Å². The van der Waals surface area contributed by atoms with Crippen LogP contribution in [0.4, 0.5) is 0 Å². The quantitative estimate of drug-likeness (QED) is 0.561. The number of fused-ring (bicyclic) bond motifs is 1. The van der Waals surface area contributed by atoms with Crippen LogP contribution in [0, 0.1) is 18.3 Å². The summed E-state index contributed by atoms with van der Waals surface area (Å²) >= 11 is 1.50. The first-order chi connectivity index (χ1) is 12.2. The fourth-order valence-electron chi connectivity index (χ4n) is 2.60. The molecule has 6 nitrogen and oxygen atoms in total. The number of furan rings is 1. The highest BCUT2D eigenvalue weighted by Crippen LogP contribution is 2.27. The molecule has 0 aliphatic carbocycles. The molecular weight excluding hydrogens is 336 g/mol. The fourth-order valence-corrected chi connectivity index (χ4v) is 3.20. The Kier molecular flexibility index (Phi) is 3.67. The number of nitriles is 1. The van der Waals surface area contributed by atoms with Gasteiger partial charge in [-0.1, -0.05) is 12.1 Å². The van der Waals surface area contributed by atoms with E-state index in [9.17, 15) is 10.1 Å². The molecule has 7 heteroatoms. The number of thiazole rings is 1. The molecule has 25 heavy (non-hydrogen) atoms. The van der Waals surface area contributed by atoms with Crippen molar-refractivity contribution in [1.29, 1.82) is 5.26 Å². The van der Waals surface area contributed by atoms with Gasteiger partial charge in [-0.25, -0.2) is 9.97 Å². The lowest BCUT2D eigenvalue weighted by Gasteiger charge is -2.02. The Morgan fingerprint density at radius 1 is 1.36 bits per heavy atom. The molecular formula is C18H12N4O2S. The Labute approximate surface area is 146 Å². The highest BCUT2D eigenvalue weighted by molar-refractivity contribution is 7.09. The number of carbonyl (C=O) groups is 1. The predicted molar refractivity (Wildman–Crippen MR) is 93.3 cm³/mol. The summed E-state index contributed by atoms with van der Waals surface area (Å²) in [6, 6.07) is 11.0. The zero-order chi connectivity index (χ0) is 17.4. The Bertz CT molecular complexity index is 1080. The molecule has 0 bridgehead atoms. The second-order valence-electron chi connectivity index (χ2n) is 5.52. The number of hydrogen-bond donors (Lipinski definition) is 1. The maximum Gasteiger partial charge on any atom is 0.190 e. The molecule has 4 aromatic rings. The third-order valence-corrected chi connectivity index (χ3v) is 4.60. The van der Waals surface area contributed by atoms with Gasteiger partial charge >= 0.3 is 0 Å². The molecule has 1 aromatic carbocycles. The average Bonchev–Trinajstić information content (AvgIpc) is 3.33. The maximum absolute atomic E-state index is 12.7. The summed E-state index contributed by atoms with van der Waals surface area (Å²) in [6.45, 7) is 1.90. The second-order valence-corrected chi connectivity index (χ2v) is 6.58. The van der Waals surface area contributed by atoms with E-state index in [1.54, 1.807) is 6.07 Å². The fraction of sp³-hybridized carbons (Fsp3) is 0.111. The molecule has 1 atom stereocenters. The molecule has 3 heterocycles. The van der Waals surface area contributed by atoms with Gasteiger partial charge in [0.1, 0.15) is 17.8 Å². The normalized spacial score (nSPS) is 12.2. The lowest BCUT2D eigenvalue weighted by atomic mass is 10.00. The Morgan fingerprint density at radius 2 is 2.20 bits per heavy atom. The van der Waals surface area contributed by atoms with Crippen molar-refractivity contribution in [3.63, 3.8) is 0 Å². The van der Waals surface area contributed by atoms with Crippen LogP contribution in [0.3, 0.4) is 0 Å². The largest absolute Gasteiger partial charge is 0.462 e. The van der Waals surface area contributed by atoms with Crippen molar-refractivity contribution in [2.45, 2.75) is 12.8 Å². The number of H-pyrrole nitrogens is 1. The van der Waals surface area contributed by atoms with E-state index in [0.29, 0.717) is 22.8 Å². The molecule has 1 N–H and O–H groups in total. The number of Topliss-reactive ketones (excluding diaryl/α,β-unsaturated/α-hetero) is 1. The SMILES string of the molecule is Cc1nc(-c2cc(C(=O)C(C#N)c3nc4ccccc4[nH]3)co2)cs1. The van der Waals surface area contributed by atoms with E-state index in [0.717, 1.165) is 16.0 Å². The summed E-state index contributed by atoms with van der Waals surface area (Å²) in [7, 11) is 0. The van der Waals surface area contributed by atoms with Gasteiger partial charge in [-0.05, 0) is 25.1 Å². The lowest BCUT2D eigenvalue weighted by molar-refractivity contribution is 0.0976. The number of aromatic nitrogens is 3. The van der Waals surface area contributed by atoms with Gasteiger partial charge in [-0.2, -0.15) is 5.26 Å². The number of carbonyl (C=O) groups excluding carboxylic acids is 1. The van der Waals surface area contributed by atoms with Gasteiger partial charge in [-0.15, -0.1) is 11.3 Å². The number of aromatic amines is 1. The molecule has 1 unspecified atom stereocenters. The number of para-hydroxylation sites is 2. The molecule has 0 aliphatic rings. The summed E-state index contributed by atoms with van der Waals surface area (Å²) < 4.78 is 5.46. The number of aryl methyl sites for hydroxylation is 1. The molecule has 0 fully saturated rings. The van der Waals surface area contributed by atoms with Crippen molar-refractivity contribution >= 4 is 28.2 Å². The zero-order valence-electron chi connectivity index (χ0n) is 13.2. The van der Waals surface area contributed by atoms with Crippen LogP contribution in [0.5, 0.6) is 0 Å². The third-order valence-electron chi connectivity index (χ3n) is 3.83. The van der Waals surface area contributed by atoms with Crippen LogP contribution in [-0.4, -0.2) is 20.7 Å². The van der Waals surface area contributed by atoms with Crippen molar-refractivity contribution in [3.8, 4) is 17.5 Å². The Morgan fingerprint density at radius 3 is 2.92 bits per heavy atom. The zero-order valence-corrected chi connectivity index (χ0v) is 14.0. The average molecular weight is 348 g/mol. The van der Waals surface area contributed by atoms with Crippen LogP contribution < -0.4 is 0 Å². The van der Waals surface area contributed by atoms with E-state index in [1.807, 2.05) is 42.6 Å². The number of ketones is 1. The number of hydrogen-bond acceptors (Lipinski definition) is 6. The van der Waals surface area contributed by atoms with Gasteiger partial charge < -0.3 is 9.40 Å². The first kappa shape index (κ1) is 15.3. The van der Waals surface area contributed by atoms with Gasteiger partial charge in [0.05, 0.1) is 27.7 Å². The molecule has 0 radical (unpaired) electrons. The van der Waals surface area contributed by atoms with Gasteiger partial charge in [0, 0.05) is 5.38 Å². The summed E-state index contributed by atoms with van der Waals surface area (Å²) in [4.78, 5) is 24.5. The van der Waals surface area contributed by atoms with Crippen LogP contribution in [0.15, 0.2) is 46.4 Å². The first-order valence-corrected chi connectivity index (χ1v) is 8.43. The minimum atomic E-state index is -1.02. The minimum absolute atomic E-state index is 0.327. The number of nitrogens with one attached hydrogen (secondary N) is 1. The predicted octanol–water partition coefficient (Wildman–Crippen LogP) is 4.08. The standard InChI is InChI=1S/C18H12N4O2S/c1-10-20-15(9-25-10)16-6-11(8-24-16)17(23)12(7-19)18-21-13-4-2-3-5-14(13)22-18/h2-6,8-9,12H,1H3,(H,21,22).